The van der Waals surface area contributed by atoms with Gasteiger partial charge in [0.2, 0.25) is 5.91 Å². The summed E-state index contributed by atoms with van der Waals surface area (Å²) >= 11 is 0. The number of likely N-dealkylation sites (tertiary alicyclic amines) is 2. The van der Waals surface area contributed by atoms with E-state index in [9.17, 15) is 29.4 Å². The minimum Gasteiger partial charge on any atom is -0.481 e. The van der Waals surface area contributed by atoms with Crippen molar-refractivity contribution in [2.75, 3.05) is 13.1 Å². The number of rotatable bonds is 6. The predicted molar refractivity (Wildman–Crippen MR) is 78.5 cm³/mol. The summed E-state index contributed by atoms with van der Waals surface area (Å²) in [6.45, 7) is 0.0295. The number of carbonyl (C=O) groups is 4. The second kappa shape index (κ2) is 6.73. The molecular weight excluding hydrogens is 322 g/mol. The fourth-order valence-corrected chi connectivity index (χ4v) is 3.64. The number of aliphatic carboxylic acids is 2. The highest BCUT2D eigenvalue weighted by Gasteiger charge is 2.60. The molecule has 0 aliphatic carbocycles. The largest absolute Gasteiger partial charge is 0.481 e. The van der Waals surface area contributed by atoms with Gasteiger partial charge in [-0.15, -0.1) is 0 Å². The third-order valence-corrected chi connectivity index (χ3v) is 4.69. The molecule has 2 amide bonds. The van der Waals surface area contributed by atoms with Crippen LogP contribution in [0.5, 0.6) is 0 Å². The van der Waals surface area contributed by atoms with E-state index >= 15 is 0 Å². The predicted octanol–water partition coefficient (Wildman–Crippen LogP) is -1.82. The van der Waals surface area contributed by atoms with E-state index in [0.717, 1.165) is 4.90 Å². The van der Waals surface area contributed by atoms with E-state index in [1.54, 1.807) is 0 Å². The van der Waals surface area contributed by atoms with Crippen LogP contribution in [-0.4, -0.2) is 79.8 Å². The molecule has 1 spiro atoms. The molecule has 5 N–H and O–H groups in total. The minimum absolute atomic E-state index is 0.103. The summed E-state index contributed by atoms with van der Waals surface area (Å²) in [5.74, 6) is -3.69. The molecule has 2 saturated heterocycles. The molecule has 0 saturated carbocycles. The summed E-state index contributed by atoms with van der Waals surface area (Å²) in [4.78, 5) is 49.2. The van der Waals surface area contributed by atoms with E-state index < -0.39 is 48.0 Å². The molecule has 2 aliphatic heterocycles. The third-order valence-electron chi connectivity index (χ3n) is 4.69. The molecule has 0 aromatic heterocycles. The second-order valence-electron chi connectivity index (χ2n) is 6.07. The van der Waals surface area contributed by atoms with E-state index in [4.69, 9.17) is 10.8 Å². The van der Waals surface area contributed by atoms with Crippen molar-refractivity contribution in [1.82, 2.24) is 9.80 Å². The maximum atomic E-state index is 12.9. The van der Waals surface area contributed by atoms with Crippen molar-refractivity contribution >= 4 is 23.8 Å². The average Bonchev–Trinajstić information content (AvgIpc) is 3.03. The van der Waals surface area contributed by atoms with Gasteiger partial charge in [-0.05, 0) is 19.3 Å². The van der Waals surface area contributed by atoms with Crippen LogP contribution in [0.25, 0.3) is 0 Å². The number of nitrogens with zero attached hydrogens (tertiary/aromatic N) is 2. The lowest BCUT2D eigenvalue weighted by Gasteiger charge is -2.34. The number of hydrogen-bond donors (Lipinski definition) is 4. The zero-order valence-corrected chi connectivity index (χ0v) is 13.1. The Balaban J connectivity index is 2.29. The zero-order valence-electron chi connectivity index (χ0n) is 13.1. The highest BCUT2D eigenvalue weighted by Crippen LogP contribution is 2.42. The zero-order chi connectivity index (χ0) is 18.1. The highest BCUT2D eigenvalue weighted by molar-refractivity contribution is 5.96. The lowest BCUT2D eigenvalue weighted by molar-refractivity contribution is -0.158. The van der Waals surface area contributed by atoms with Gasteiger partial charge < -0.3 is 30.9 Å². The van der Waals surface area contributed by atoms with Gasteiger partial charge in [-0.25, -0.2) is 4.79 Å². The van der Waals surface area contributed by atoms with Gasteiger partial charge in [-0.1, -0.05) is 0 Å². The van der Waals surface area contributed by atoms with Crippen LogP contribution < -0.4 is 5.73 Å². The molecule has 10 heteroatoms. The van der Waals surface area contributed by atoms with Crippen LogP contribution in [-0.2, 0) is 19.2 Å². The van der Waals surface area contributed by atoms with Crippen molar-refractivity contribution in [2.24, 2.45) is 5.73 Å². The van der Waals surface area contributed by atoms with Crippen LogP contribution in [0.1, 0.15) is 32.1 Å². The van der Waals surface area contributed by atoms with E-state index in [-0.39, 0.29) is 19.4 Å². The Kier molecular flexibility index (Phi) is 5.09. The fraction of sp³-hybridized carbons (Fsp3) is 0.714. The van der Waals surface area contributed by atoms with Crippen LogP contribution >= 0.6 is 0 Å². The standard InChI is InChI=1S/C14H21N3O7/c15-7-10(19)16-5-1-4-14(16)6-9(18)17(13(14)24)8(12(22)23)2-3-11(20)21/h8-9,18H,1-7,15H2,(H,20,21)(H,22,23)/t8-,9-,14?/m0/s1. The Bertz CT molecular complexity index is 567. The number of carbonyl (C=O) groups excluding carboxylic acids is 2. The van der Waals surface area contributed by atoms with Crippen molar-refractivity contribution < 1.29 is 34.5 Å². The molecule has 10 nitrogen and oxygen atoms in total. The minimum atomic E-state index is -1.46. The van der Waals surface area contributed by atoms with Gasteiger partial charge in [0.05, 0.1) is 6.54 Å². The first kappa shape index (κ1) is 18.1. The van der Waals surface area contributed by atoms with Crippen LogP contribution in [0.3, 0.4) is 0 Å². The van der Waals surface area contributed by atoms with E-state index in [1.165, 1.54) is 4.90 Å². The summed E-state index contributed by atoms with van der Waals surface area (Å²) in [6, 6.07) is -1.46. The Morgan fingerprint density at radius 1 is 1.33 bits per heavy atom. The second-order valence-corrected chi connectivity index (χ2v) is 6.07. The molecule has 2 aliphatic rings. The van der Waals surface area contributed by atoms with Gasteiger partial charge in [-0.2, -0.15) is 0 Å². The van der Waals surface area contributed by atoms with Crippen LogP contribution in [0, 0.1) is 0 Å². The normalized spacial score (nSPS) is 27.8. The first-order valence-corrected chi connectivity index (χ1v) is 7.70. The van der Waals surface area contributed by atoms with Crippen LogP contribution in [0.15, 0.2) is 0 Å². The average molecular weight is 343 g/mol. The summed E-state index contributed by atoms with van der Waals surface area (Å²) in [6.07, 6.45) is -1.41. The monoisotopic (exact) mass is 343 g/mol. The molecule has 24 heavy (non-hydrogen) atoms. The van der Waals surface area contributed by atoms with Crippen molar-refractivity contribution in [3.63, 3.8) is 0 Å². The van der Waals surface area contributed by atoms with E-state index in [0.29, 0.717) is 19.4 Å². The SMILES string of the molecule is NCC(=O)N1CCCC12C[C@H](O)N([C@@H](CCC(=O)O)C(=O)O)C2=O. The van der Waals surface area contributed by atoms with E-state index in [1.807, 2.05) is 0 Å². The van der Waals surface area contributed by atoms with Crippen molar-refractivity contribution in [2.45, 2.75) is 49.9 Å². The van der Waals surface area contributed by atoms with Crippen molar-refractivity contribution in [3.05, 3.63) is 0 Å². The highest BCUT2D eigenvalue weighted by atomic mass is 16.4. The lowest BCUT2D eigenvalue weighted by Crippen LogP contribution is -2.56. The Morgan fingerprint density at radius 3 is 2.54 bits per heavy atom. The maximum absolute atomic E-state index is 12.9. The lowest BCUT2D eigenvalue weighted by atomic mass is 9.93. The number of hydrogen-bond acceptors (Lipinski definition) is 6. The summed E-state index contributed by atoms with van der Waals surface area (Å²) in [7, 11) is 0. The molecule has 2 heterocycles. The molecule has 0 aromatic carbocycles. The molecule has 0 radical (unpaired) electrons. The molecule has 2 rings (SSSR count). The first-order chi connectivity index (χ1) is 11.2. The van der Waals surface area contributed by atoms with Crippen LogP contribution in [0.2, 0.25) is 0 Å². The number of aliphatic hydroxyl groups is 1. The van der Waals surface area contributed by atoms with Crippen molar-refractivity contribution in [1.29, 1.82) is 0 Å². The molecule has 0 bridgehead atoms. The fourth-order valence-electron chi connectivity index (χ4n) is 3.64. The van der Waals surface area contributed by atoms with Gasteiger partial charge in [-0.3, -0.25) is 14.4 Å². The van der Waals surface area contributed by atoms with Gasteiger partial charge in [0.15, 0.2) is 0 Å². The Hall–Kier alpha value is -2.20. The molecule has 134 valence electrons. The number of amides is 2. The quantitative estimate of drug-likeness (QED) is 0.438. The number of aliphatic hydroxyl groups excluding tert-OH is 1. The molecule has 0 aromatic rings. The topological polar surface area (TPSA) is 161 Å². The van der Waals surface area contributed by atoms with Gasteiger partial charge in [0.1, 0.15) is 17.8 Å². The number of carboxylic acids is 2. The van der Waals surface area contributed by atoms with Crippen LogP contribution in [0.4, 0.5) is 0 Å². The maximum Gasteiger partial charge on any atom is 0.326 e. The van der Waals surface area contributed by atoms with Gasteiger partial charge >= 0.3 is 11.9 Å². The Morgan fingerprint density at radius 2 is 2.00 bits per heavy atom. The summed E-state index contributed by atoms with van der Waals surface area (Å²) < 4.78 is 0. The molecule has 2 fully saturated rings. The Labute approximate surface area is 137 Å². The molecule has 3 atom stereocenters. The van der Waals surface area contributed by atoms with Gasteiger partial charge in [0.25, 0.3) is 5.91 Å². The number of carboxylic acid groups (broad SMARTS) is 2. The molecular formula is C14H21N3O7. The van der Waals surface area contributed by atoms with Gasteiger partial charge in [0, 0.05) is 19.4 Å². The smallest absolute Gasteiger partial charge is 0.326 e. The van der Waals surface area contributed by atoms with Crippen molar-refractivity contribution in [3.8, 4) is 0 Å². The third kappa shape index (κ3) is 2.94. The molecule has 1 unspecified atom stereocenters. The number of nitrogens with two attached hydrogens (primary N) is 1. The van der Waals surface area contributed by atoms with E-state index in [2.05, 4.69) is 0 Å². The summed E-state index contributed by atoms with van der Waals surface area (Å²) in [5.41, 5.74) is 4.08. The summed E-state index contributed by atoms with van der Waals surface area (Å²) in [5, 5.41) is 28.3. The first-order valence-electron chi connectivity index (χ1n) is 7.70.